The van der Waals surface area contributed by atoms with Gasteiger partial charge in [0.15, 0.2) is 0 Å². The predicted octanol–water partition coefficient (Wildman–Crippen LogP) is 1.53. The van der Waals surface area contributed by atoms with Gasteiger partial charge in [-0.15, -0.1) is 0 Å². The zero-order valence-electron chi connectivity index (χ0n) is 11.4. The first-order chi connectivity index (χ1) is 8.77. The van der Waals surface area contributed by atoms with Crippen molar-refractivity contribution in [3.8, 4) is 0 Å². The zero-order valence-corrected chi connectivity index (χ0v) is 11.4. The van der Waals surface area contributed by atoms with Crippen LogP contribution in [-0.2, 0) is 9.53 Å². The van der Waals surface area contributed by atoms with E-state index in [2.05, 4.69) is 6.92 Å². The number of amides is 1. The van der Waals surface area contributed by atoms with Crippen LogP contribution in [-0.4, -0.2) is 42.6 Å². The molecule has 2 rings (SSSR count). The number of nitrogens with two attached hydrogens (primary N) is 1. The number of ether oxygens (including phenoxy) is 1. The summed E-state index contributed by atoms with van der Waals surface area (Å²) in [4.78, 5) is 14.5. The van der Waals surface area contributed by atoms with Crippen LogP contribution in [0.5, 0.6) is 0 Å². The van der Waals surface area contributed by atoms with Crippen molar-refractivity contribution in [3.63, 3.8) is 0 Å². The maximum absolute atomic E-state index is 12.5. The molecule has 0 bridgehead atoms. The van der Waals surface area contributed by atoms with E-state index in [4.69, 9.17) is 10.5 Å². The number of likely N-dealkylation sites (N-methyl/N-ethyl adjacent to an activating group) is 1. The average Bonchev–Trinajstić information content (AvgIpc) is 2.94. The third kappa shape index (κ3) is 2.86. The standard InChI is InChI=1S/C14H26N2O2/c1-2-16(14(17)13-8-5-9-18-13)12-7-4-3-6-11(12)10-15/h11-13H,2-10,15H2,1H3/t11?,12?,13-/m0/s1. The van der Waals surface area contributed by atoms with Crippen molar-refractivity contribution in [3.05, 3.63) is 0 Å². The highest BCUT2D eigenvalue weighted by atomic mass is 16.5. The number of rotatable bonds is 4. The molecular weight excluding hydrogens is 228 g/mol. The van der Waals surface area contributed by atoms with Crippen molar-refractivity contribution in [2.24, 2.45) is 11.7 Å². The number of nitrogens with zero attached hydrogens (tertiary/aromatic N) is 1. The lowest BCUT2D eigenvalue weighted by molar-refractivity contribution is -0.145. The second kappa shape index (κ2) is 6.53. The van der Waals surface area contributed by atoms with E-state index in [1.54, 1.807) is 0 Å². The predicted molar refractivity (Wildman–Crippen MR) is 71.2 cm³/mol. The summed E-state index contributed by atoms with van der Waals surface area (Å²) >= 11 is 0. The molecule has 1 amide bonds. The fraction of sp³-hybridized carbons (Fsp3) is 0.929. The van der Waals surface area contributed by atoms with E-state index in [-0.39, 0.29) is 12.0 Å². The summed E-state index contributed by atoms with van der Waals surface area (Å²) in [5.41, 5.74) is 5.87. The summed E-state index contributed by atoms with van der Waals surface area (Å²) in [6.45, 7) is 4.27. The molecule has 1 heterocycles. The Morgan fingerprint density at radius 1 is 1.28 bits per heavy atom. The minimum absolute atomic E-state index is 0.190. The fourth-order valence-corrected chi connectivity index (χ4v) is 3.38. The topological polar surface area (TPSA) is 55.6 Å². The lowest BCUT2D eigenvalue weighted by Gasteiger charge is -2.40. The second-order valence-corrected chi connectivity index (χ2v) is 5.47. The highest BCUT2D eigenvalue weighted by Crippen LogP contribution is 2.29. The maximum atomic E-state index is 12.5. The summed E-state index contributed by atoms with van der Waals surface area (Å²) in [5.74, 6) is 0.671. The molecule has 1 saturated carbocycles. The quantitative estimate of drug-likeness (QED) is 0.828. The Balaban J connectivity index is 2.03. The van der Waals surface area contributed by atoms with Gasteiger partial charge >= 0.3 is 0 Å². The maximum Gasteiger partial charge on any atom is 0.251 e. The van der Waals surface area contributed by atoms with Crippen LogP contribution in [0.15, 0.2) is 0 Å². The molecule has 1 aliphatic carbocycles. The molecule has 0 aromatic carbocycles. The number of carbonyl (C=O) groups excluding carboxylic acids is 1. The highest BCUT2D eigenvalue weighted by molar-refractivity contribution is 5.81. The summed E-state index contributed by atoms with van der Waals surface area (Å²) in [5, 5.41) is 0. The number of hydrogen-bond donors (Lipinski definition) is 1. The lowest BCUT2D eigenvalue weighted by atomic mass is 9.83. The van der Waals surface area contributed by atoms with Gasteiger partial charge in [0, 0.05) is 19.2 Å². The zero-order chi connectivity index (χ0) is 13.0. The SMILES string of the molecule is CCN(C(=O)[C@@H]1CCCO1)C1CCCCC1CN. The molecule has 2 unspecified atom stereocenters. The Morgan fingerprint density at radius 2 is 2.06 bits per heavy atom. The van der Waals surface area contributed by atoms with Crippen molar-refractivity contribution >= 4 is 5.91 Å². The third-order valence-electron chi connectivity index (χ3n) is 4.40. The summed E-state index contributed by atoms with van der Waals surface area (Å²) < 4.78 is 5.53. The minimum Gasteiger partial charge on any atom is -0.368 e. The molecule has 104 valence electrons. The normalized spacial score (nSPS) is 32.4. The van der Waals surface area contributed by atoms with Gasteiger partial charge in [-0.2, -0.15) is 0 Å². The Morgan fingerprint density at radius 3 is 2.67 bits per heavy atom. The van der Waals surface area contributed by atoms with Gasteiger partial charge in [0.2, 0.25) is 0 Å². The molecule has 18 heavy (non-hydrogen) atoms. The van der Waals surface area contributed by atoms with Crippen LogP contribution < -0.4 is 5.73 Å². The van der Waals surface area contributed by atoms with Gasteiger partial charge in [0.25, 0.3) is 5.91 Å². The van der Waals surface area contributed by atoms with Gasteiger partial charge in [-0.25, -0.2) is 0 Å². The summed E-state index contributed by atoms with van der Waals surface area (Å²) in [7, 11) is 0. The van der Waals surface area contributed by atoms with Gasteiger partial charge in [-0.05, 0) is 45.1 Å². The van der Waals surface area contributed by atoms with Gasteiger partial charge in [-0.1, -0.05) is 12.8 Å². The van der Waals surface area contributed by atoms with Gasteiger partial charge in [0.1, 0.15) is 6.10 Å². The molecule has 3 atom stereocenters. The van der Waals surface area contributed by atoms with Crippen LogP contribution in [0.4, 0.5) is 0 Å². The summed E-state index contributed by atoms with van der Waals surface area (Å²) in [6.07, 6.45) is 6.45. The van der Waals surface area contributed by atoms with Gasteiger partial charge in [0.05, 0.1) is 0 Å². The third-order valence-corrected chi connectivity index (χ3v) is 4.40. The molecule has 4 nitrogen and oxygen atoms in total. The molecule has 4 heteroatoms. The van der Waals surface area contributed by atoms with Crippen molar-refractivity contribution in [1.29, 1.82) is 0 Å². The minimum atomic E-state index is -0.190. The van der Waals surface area contributed by atoms with E-state index >= 15 is 0 Å². The lowest BCUT2D eigenvalue weighted by Crippen LogP contribution is -2.51. The Labute approximate surface area is 110 Å². The molecule has 1 saturated heterocycles. The Kier molecular flexibility index (Phi) is 5.01. The molecule has 0 aromatic heterocycles. The number of hydrogen-bond acceptors (Lipinski definition) is 3. The molecule has 2 fully saturated rings. The Hall–Kier alpha value is -0.610. The first-order valence-corrected chi connectivity index (χ1v) is 7.40. The van der Waals surface area contributed by atoms with Crippen molar-refractivity contribution < 1.29 is 9.53 Å². The van der Waals surface area contributed by atoms with Crippen molar-refractivity contribution in [2.45, 2.75) is 57.6 Å². The van der Waals surface area contributed by atoms with E-state index in [0.29, 0.717) is 18.5 Å². The van der Waals surface area contributed by atoms with E-state index in [1.165, 1.54) is 12.8 Å². The number of carbonyl (C=O) groups is 1. The van der Waals surface area contributed by atoms with Crippen molar-refractivity contribution in [2.75, 3.05) is 19.7 Å². The molecule has 1 aliphatic heterocycles. The molecule has 0 radical (unpaired) electrons. The van der Waals surface area contributed by atoms with Crippen LogP contribution in [0, 0.1) is 5.92 Å². The van der Waals surface area contributed by atoms with Gasteiger partial charge < -0.3 is 15.4 Å². The smallest absolute Gasteiger partial charge is 0.251 e. The van der Waals surface area contributed by atoms with E-state index in [1.807, 2.05) is 4.90 Å². The van der Waals surface area contributed by atoms with E-state index in [9.17, 15) is 4.79 Å². The average molecular weight is 254 g/mol. The molecule has 0 spiro atoms. The molecule has 2 N–H and O–H groups in total. The van der Waals surface area contributed by atoms with Crippen LogP contribution in [0.1, 0.15) is 45.4 Å². The van der Waals surface area contributed by atoms with E-state index < -0.39 is 0 Å². The molecular formula is C14H26N2O2. The Bertz CT molecular complexity index is 277. The van der Waals surface area contributed by atoms with Crippen LogP contribution >= 0.6 is 0 Å². The van der Waals surface area contributed by atoms with Crippen LogP contribution in [0.25, 0.3) is 0 Å². The second-order valence-electron chi connectivity index (χ2n) is 5.47. The largest absolute Gasteiger partial charge is 0.368 e. The monoisotopic (exact) mass is 254 g/mol. The van der Waals surface area contributed by atoms with Crippen molar-refractivity contribution in [1.82, 2.24) is 4.90 Å². The van der Waals surface area contributed by atoms with Gasteiger partial charge in [-0.3, -0.25) is 4.79 Å². The van der Waals surface area contributed by atoms with Crippen LogP contribution in [0.3, 0.4) is 0 Å². The first-order valence-electron chi connectivity index (χ1n) is 7.40. The summed E-state index contributed by atoms with van der Waals surface area (Å²) in [6, 6.07) is 0.338. The van der Waals surface area contributed by atoms with E-state index in [0.717, 1.165) is 38.8 Å². The van der Waals surface area contributed by atoms with Crippen LogP contribution in [0.2, 0.25) is 0 Å². The molecule has 2 aliphatic rings. The highest BCUT2D eigenvalue weighted by Gasteiger charge is 2.35. The molecule has 0 aromatic rings. The fourth-order valence-electron chi connectivity index (χ4n) is 3.38. The first kappa shape index (κ1) is 13.8.